The molecule has 172 valence electrons. The SMILES string of the molecule is Cc1cccc(C)c1-c1ccc(F)c([C@H](CC(=O)[O-])NC(=O)NC2C(=O)C=CN(C)C2=O)c1.[Na+]. The zero-order chi connectivity index (χ0) is 24.3. The van der Waals surface area contributed by atoms with E-state index in [0.717, 1.165) is 27.7 Å². The van der Waals surface area contributed by atoms with Crippen LogP contribution in [-0.2, 0) is 14.4 Å². The third-order valence-electron chi connectivity index (χ3n) is 5.43. The summed E-state index contributed by atoms with van der Waals surface area (Å²) in [5.41, 5.74) is 3.34. The van der Waals surface area contributed by atoms with Crippen molar-refractivity contribution in [1.29, 1.82) is 0 Å². The molecule has 34 heavy (non-hydrogen) atoms. The number of carboxylic acid groups (broad SMARTS) is 1. The number of rotatable bonds is 6. The summed E-state index contributed by atoms with van der Waals surface area (Å²) in [6, 6.07) is 6.19. The van der Waals surface area contributed by atoms with Crippen molar-refractivity contribution in [2.24, 2.45) is 0 Å². The van der Waals surface area contributed by atoms with Gasteiger partial charge in [0.05, 0.1) is 6.04 Å². The molecule has 2 N–H and O–H groups in total. The van der Waals surface area contributed by atoms with Crippen LogP contribution in [0.4, 0.5) is 9.18 Å². The van der Waals surface area contributed by atoms with E-state index in [1.165, 1.54) is 25.4 Å². The van der Waals surface area contributed by atoms with Gasteiger partial charge in [-0.2, -0.15) is 0 Å². The van der Waals surface area contributed by atoms with Crippen molar-refractivity contribution in [1.82, 2.24) is 15.5 Å². The molecule has 1 heterocycles. The first-order valence-corrected chi connectivity index (χ1v) is 10.2. The van der Waals surface area contributed by atoms with Crippen molar-refractivity contribution < 1.29 is 58.2 Å². The summed E-state index contributed by atoms with van der Waals surface area (Å²) in [5.74, 6) is -3.51. The third-order valence-corrected chi connectivity index (χ3v) is 5.43. The summed E-state index contributed by atoms with van der Waals surface area (Å²) < 4.78 is 14.8. The fourth-order valence-corrected chi connectivity index (χ4v) is 3.79. The van der Waals surface area contributed by atoms with E-state index in [4.69, 9.17) is 0 Å². The van der Waals surface area contributed by atoms with Crippen LogP contribution in [0.2, 0.25) is 0 Å². The Labute approximate surface area is 218 Å². The number of benzene rings is 2. The number of carbonyl (C=O) groups is 4. The molecular formula is C24H23FN3NaO5. The van der Waals surface area contributed by atoms with Gasteiger partial charge in [-0.3, -0.25) is 9.59 Å². The smallest absolute Gasteiger partial charge is 0.550 e. The number of ketones is 1. The second-order valence-corrected chi connectivity index (χ2v) is 7.85. The molecule has 10 heteroatoms. The quantitative estimate of drug-likeness (QED) is 0.390. The Morgan fingerprint density at radius 1 is 1.15 bits per heavy atom. The largest absolute Gasteiger partial charge is 1.00 e. The van der Waals surface area contributed by atoms with Crippen molar-refractivity contribution in [3.63, 3.8) is 0 Å². The first kappa shape index (κ1) is 27.2. The molecular weight excluding hydrogens is 452 g/mol. The molecule has 3 amide bonds. The number of carbonyl (C=O) groups excluding carboxylic acids is 4. The molecule has 0 saturated carbocycles. The molecule has 2 aromatic rings. The van der Waals surface area contributed by atoms with Gasteiger partial charge in [-0.05, 0) is 48.2 Å². The van der Waals surface area contributed by atoms with E-state index in [1.54, 1.807) is 6.07 Å². The Balaban J connectivity index is 0.00000408. The van der Waals surface area contributed by atoms with Crippen molar-refractivity contribution in [2.45, 2.75) is 32.4 Å². The van der Waals surface area contributed by atoms with Crippen LogP contribution in [0, 0.1) is 19.7 Å². The number of aryl methyl sites for hydroxylation is 2. The van der Waals surface area contributed by atoms with Crippen molar-refractivity contribution >= 4 is 23.7 Å². The van der Waals surface area contributed by atoms with Gasteiger partial charge in [0.15, 0.2) is 11.8 Å². The minimum absolute atomic E-state index is 0. The Bertz CT molecular complexity index is 1150. The number of likely N-dealkylation sites (N-methyl/N-ethyl adjacent to an activating group) is 1. The van der Waals surface area contributed by atoms with Crippen LogP contribution in [-0.4, -0.2) is 41.7 Å². The average molecular weight is 475 g/mol. The van der Waals surface area contributed by atoms with Gasteiger partial charge in [-0.15, -0.1) is 0 Å². The van der Waals surface area contributed by atoms with Gasteiger partial charge in [0, 0.05) is 37.3 Å². The Morgan fingerprint density at radius 2 is 1.79 bits per heavy atom. The molecule has 2 atom stereocenters. The molecule has 0 fully saturated rings. The maximum atomic E-state index is 14.8. The number of halogens is 1. The van der Waals surface area contributed by atoms with Crippen molar-refractivity contribution in [3.05, 3.63) is 71.2 Å². The van der Waals surface area contributed by atoms with Crippen LogP contribution in [0.3, 0.4) is 0 Å². The maximum Gasteiger partial charge on any atom is 1.00 e. The monoisotopic (exact) mass is 475 g/mol. The van der Waals surface area contributed by atoms with Crippen LogP contribution in [0.5, 0.6) is 0 Å². The minimum atomic E-state index is -1.51. The number of nitrogens with one attached hydrogen (secondary N) is 2. The summed E-state index contributed by atoms with van der Waals surface area (Å²) in [5, 5.41) is 15.9. The number of nitrogens with zero attached hydrogens (tertiary/aromatic N) is 1. The second kappa shape index (κ2) is 11.4. The standard InChI is InChI=1S/C24H24FN3O5.Na/c1-13-5-4-6-14(2)21(13)15-7-8-17(25)16(11-15)18(12-20(30)31)26-24(33)27-22-19(29)9-10-28(3)23(22)32;/h4-11,18,22H,12H2,1-3H3,(H,30,31)(H2,26,27,33);/q;+1/p-1/t18-,22?;/m0./s1. The number of hydrogen-bond acceptors (Lipinski definition) is 5. The van der Waals surface area contributed by atoms with Gasteiger partial charge in [-0.1, -0.05) is 24.3 Å². The zero-order valence-electron chi connectivity index (χ0n) is 19.3. The second-order valence-electron chi connectivity index (χ2n) is 7.85. The van der Waals surface area contributed by atoms with Crippen LogP contribution >= 0.6 is 0 Å². The summed E-state index contributed by atoms with van der Waals surface area (Å²) in [6.45, 7) is 3.80. The van der Waals surface area contributed by atoms with E-state index in [1.807, 2.05) is 32.0 Å². The normalized spacial score (nSPS) is 16.0. The number of aliphatic carboxylic acids is 1. The Morgan fingerprint density at radius 3 is 2.41 bits per heavy atom. The predicted molar refractivity (Wildman–Crippen MR) is 116 cm³/mol. The molecule has 0 bridgehead atoms. The van der Waals surface area contributed by atoms with E-state index in [0.29, 0.717) is 5.56 Å². The van der Waals surface area contributed by atoms with Crippen LogP contribution < -0.4 is 45.3 Å². The summed E-state index contributed by atoms with van der Waals surface area (Å²) in [7, 11) is 1.42. The van der Waals surface area contributed by atoms with E-state index in [9.17, 15) is 28.7 Å². The average Bonchev–Trinajstić information content (AvgIpc) is 2.74. The first-order chi connectivity index (χ1) is 15.6. The van der Waals surface area contributed by atoms with Crippen molar-refractivity contribution in [3.8, 4) is 11.1 Å². The Hall–Kier alpha value is -3.01. The minimum Gasteiger partial charge on any atom is -0.550 e. The fourth-order valence-electron chi connectivity index (χ4n) is 3.79. The molecule has 3 rings (SSSR count). The topological polar surface area (TPSA) is 119 Å². The zero-order valence-corrected chi connectivity index (χ0v) is 21.3. The van der Waals surface area contributed by atoms with Gasteiger partial charge in [0.1, 0.15) is 5.82 Å². The van der Waals surface area contributed by atoms with Crippen LogP contribution in [0.25, 0.3) is 11.1 Å². The number of amides is 3. The summed E-state index contributed by atoms with van der Waals surface area (Å²) in [4.78, 5) is 49.2. The maximum absolute atomic E-state index is 14.8. The van der Waals surface area contributed by atoms with Crippen LogP contribution in [0.15, 0.2) is 48.7 Å². The van der Waals surface area contributed by atoms with Gasteiger partial charge >= 0.3 is 35.6 Å². The number of carboxylic acids is 1. The van der Waals surface area contributed by atoms with E-state index >= 15 is 0 Å². The number of hydrogen-bond donors (Lipinski definition) is 2. The molecule has 0 saturated heterocycles. The molecule has 1 aliphatic rings. The molecule has 8 nitrogen and oxygen atoms in total. The molecule has 2 aromatic carbocycles. The number of urea groups is 1. The van der Waals surface area contributed by atoms with Gasteiger partial charge in [0.25, 0.3) is 5.91 Å². The molecule has 0 aliphatic carbocycles. The van der Waals surface area contributed by atoms with Gasteiger partial charge < -0.3 is 25.4 Å². The van der Waals surface area contributed by atoms with E-state index < -0.39 is 48.0 Å². The molecule has 0 radical (unpaired) electrons. The molecule has 0 aromatic heterocycles. The first-order valence-electron chi connectivity index (χ1n) is 10.2. The van der Waals surface area contributed by atoms with Crippen LogP contribution in [0.1, 0.15) is 29.2 Å². The Kier molecular flexibility index (Phi) is 9.14. The van der Waals surface area contributed by atoms with E-state index in [-0.39, 0.29) is 35.1 Å². The molecule has 1 unspecified atom stereocenters. The molecule has 0 spiro atoms. The summed E-state index contributed by atoms with van der Waals surface area (Å²) in [6.07, 6.45) is 1.69. The predicted octanol–water partition coefficient (Wildman–Crippen LogP) is -1.48. The van der Waals surface area contributed by atoms with E-state index in [2.05, 4.69) is 10.6 Å². The van der Waals surface area contributed by atoms with Gasteiger partial charge in [0.2, 0.25) is 0 Å². The van der Waals surface area contributed by atoms with Gasteiger partial charge in [-0.25, -0.2) is 9.18 Å². The third kappa shape index (κ3) is 6.11. The van der Waals surface area contributed by atoms with Crippen molar-refractivity contribution in [2.75, 3.05) is 7.05 Å². The fraction of sp³-hybridized carbons (Fsp3) is 0.250. The molecule has 1 aliphatic heterocycles. The summed E-state index contributed by atoms with van der Waals surface area (Å²) >= 11 is 0.